The number of aryl methyl sites for hydroxylation is 1. The van der Waals surface area contributed by atoms with E-state index in [4.69, 9.17) is 32.7 Å². The number of para-hydroxylation sites is 2. The number of nitrogens with zero attached hydrogens (tertiary/aromatic N) is 1. The third-order valence-electron chi connectivity index (χ3n) is 5.14. The topological polar surface area (TPSA) is 59.2 Å². The van der Waals surface area contributed by atoms with Gasteiger partial charge in [0, 0.05) is 29.1 Å². The lowest BCUT2D eigenvalue weighted by molar-refractivity contribution is 0.284. The van der Waals surface area contributed by atoms with Crippen molar-refractivity contribution in [2.45, 2.75) is 26.0 Å². The fourth-order valence-corrected chi connectivity index (χ4v) is 3.93. The lowest BCUT2D eigenvalue weighted by Gasteiger charge is -2.14. The molecule has 1 heterocycles. The van der Waals surface area contributed by atoms with Crippen LogP contribution >= 0.6 is 23.2 Å². The van der Waals surface area contributed by atoms with Gasteiger partial charge < -0.3 is 19.8 Å². The van der Waals surface area contributed by atoms with Crippen LogP contribution in [0.3, 0.4) is 0 Å². The van der Waals surface area contributed by atoms with Gasteiger partial charge in [-0.05, 0) is 54.4 Å². The fourth-order valence-electron chi connectivity index (χ4n) is 3.50. The summed E-state index contributed by atoms with van der Waals surface area (Å²) in [7, 11) is 1.63. The molecule has 5 nitrogen and oxygen atoms in total. The third-order valence-corrected chi connectivity index (χ3v) is 5.72. The zero-order valence-corrected chi connectivity index (χ0v) is 19.3. The van der Waals surface area contributed by atoms with E-state index >= 15 is 0 Å². The molecule has 3 aromatic carbocycles. The van der Waals surface area contributed by atoms with Crippen molar-refractivity contribution in [2.24, 2.45) is 0 Å². The van der Waals surface area contributed by atoms with E-state index in [-0.39, 0.29) is 0 Å². The summed E-state index contributed by atoms with van der Waals surface area (Å²) in [5, 5.41) is 4.76. The summed E-state index contributed by atoms with van der Waals surface area (Å²) in [6.07, 6.45) is 1.85. The molecular formula is C25H25Cl2N3O2. The van der Waals surface area contributed by atoms with E-state index in [1.807, 2.05) is 54.6 Å². The zero-order chi connectivity index (χ0) is 22.3. The maximum absolute atomic E-state index is 6.51. The number of rotatable bonds is 10. The fraction of sp³-hybridized carbons (Fsp3) is 0.240. The van der Waals surface area contributed by atoms with Crippen molar-refractivity contribution >= 4 is 34.2 Å². The molecule has 0 saturated carbocycles. The first kappa shape index (κ1) is 22.5. The quantitative estimate of drug-likeness (QED) is 0.272. The molecule has 32 heavy (non-hydrogen) atoms. The number of hydrogen-bond donors (Lipinski definition) is 2. The van der Waals surface area contributed by atoms with Gasteiger partial charge >= 0.3 is 0 Å². The average Bonchev–Trinajstić information content (AvgIpc) is 3.21. The monoisotopic (exact) mass is 469 g/mol. The van der Waals surface area contributed by atoms with Crippen LogP contribution in [-0.4, -0.2) is 23.6 Å². The number of halogens is 2. The maximum Gasteiger partial charge on any atom is 0.163 e. The van der Waals surface area contributed by atoms with Crippen LogP contribution < -0.4 is 14.8 Å². The summed E-state index contributed by atoms with van der Waals surface area (Å²) < 4.78 is 11.4. The molecule has 0 atom stereocenters. The van der Waals surface area contributed by atoms with Crippen molar-refractivity contribution in [3.05, 3.63) is 87.7 Å². The number of fused-ring (bicyclic) bond motifs is 1. The van der Waals surface area contributed by atoms with Gasteiger partial charge in [-0.15, -0.1) is 0 Å². The minimum absolute atomic E-state index is 0.382. The molecule has 0 bridgehead atoms. The van der Waals surface area contributed by atoms with E-state index in [0.29, 0.717) is 34.7 Å². The number of nitrogens with one attached hydrogen (secondary N) is 2. The highest BCUT2D eigenvalue weighted by Crippen LogP contribution is 2.34. The minimum Gasteiger partial charge on any atom is -0.493 e. The first-order valence-corrected chi connectivity index (χ1v) is 11.3. The van der Waals surface area contributed by atoms with E-state index in [1.54, 1.807) is 13.2 Å². The van der Waals surface area contributed by atoms with Gasteiger partial charge in [0.2, 0.25) is 0 Å². The predicted molar refractivity (Wildman–Crippen MR) is 130 cm³/mol. The molecule has 0 spiro atoms. The average molecular weight is 470 g/mol. The van der Waals surface area contributed by atoms with Crippen molar-refractivity contribution in [1.82, 2.24) is 15.3 Å². The van der Waals surface area contributed by atoms with E-state index in [0.717, 1.165) is 47.4 Å². The molecule has 4 aromatic rings. The van der Waals surface area contributed by atoms with Crippen molar-refractivity contribution in [3.8, 4) is 11.5 Å². The summed E-state index contributed by atoms with van der Waals surface area (Å²) >= 11 is 12.5. The number of methoxy groups -OCH3 is 1. The molecular weight excluding hydrogens is 445 g/mol. The van der Waals surface area contributed by atoms with Crippen LogP contribution in [0.25, 0.3) is 11.0 Å². The summed E-state index contributed by atoms with van der Waals surface area (Å²) in [5.41, 5.74) is 4.02. The third kappa shape index (κ3) is 5.74. The first-order valence-electron chi connectivity index (χ1n) is 10.5. The van der Waals surface area contributed by atoms with Crippen LogP contribution in [0.1, 0.15) is 23.4 Å². The number of aromatic amines is 1. The number of ether oxygens (including phenoxy) is 2. The summed E-state index contributed by atoms with van der Waals surface area (Å²) in [6, 6.07) is 19.4. The maximum atomic E-state index is 6.51. The Kier molecular flexibility index (Phi) is 7.53. The van der Waals surface area contributed by atoms with Crippen LogP contribution in [0.15, 0.2) is 60.7 Å². The van der Waals surface area contributed by atoms with Gasteiger partial charge in [-0.2, -0.15) is 0 Å². The van der Waals surface area contributed by atoms with E-state index < -0.39 is 0 Å². The Hall–Kier alpha value is -2.73. The van der Waals surface area contributed by atoms with Crippen molar-refractivity contribution < 1.29 is 9.47 Å². The Morgan fingerprint density at radius 3 is 2.69 bits per heavy atom. The highest BCUT2D eigenvalue weighted by Gasteiger charge is 2.11. The van der Waals surface area contributed by atoms with Crippen LogP contribution in [0.5, 0.6) is 11.5 Å². The van der Waals surface area contributed by atoms with Gasteiger partial charge in [0.1, 0.15) is 12.4 Å². The molecule has 0 aliphatic carbocycles. The molecule has 2 N–H and O–H groups in total. The van der Waals surface area contributed by atoms with Gasteiger partial charge in [-0.25, -0.2) is 4.98 Å². The zero-order valence-electron chi connectivity index (χ0n) is 17.8. The Labute approximate surface area is 197 Å². The second-order valence-electron chi connectivity index (χ2n) is 7.49. The highest BCUT2D eigenvalue weighted by molar-refractivity contribution is 6.31. The molecule has 0 aliphatic rings. The van der Waals surface area contributed by atoms with E-state index in [2.05, 4.69) is 15.3 Å². The Morgan fingerprint density at radius 1 is 1.00 bits per heavy atom. The molecule has 4 rings (SSSR count). The molecule has 0 saturated heterocycles. The molecule has 0 fully saturated rings. The van der Waals surface area contributed by atoms with Gasteiger partial charge in [0.15, 0.2) is 11.5 Å². The summed E-state index contributed by atoms with van der Waals surface area (Å²) in [5.74, 6) is 2.26. The van der Waals surface area contributed by atoms with Crippen LogP contribution in [0, 0.1) is 0 Å². The van der Waals surface area contributed by atoms with Gasteiger partial charge in [0.05, 0.1) is 18.1 Å². The van der Waals surface area contributed by atoms with Crippen molar-refractivity contribution in [2.75, 3.05) is 13.7 Å². The SMILES string of the molecule is COc1cc(CNCCCc2nc3ccccc3[nH]2)c(Cl)cc1OCc1cccc(Cl)c1. The molecule has 0 amide bonds. The second kappa shape index (κ2) is 10.7. The van der Waals surface area contributed by atoms with E-state index in [9.17, 15) is 0 Å². The Balaban J connectivity index is 1.29. The number of hydrogen-bond acceptors (Lipinski definition) is 4. The minimum atomic E-state index is 0.382. The van der Waals surface area contributed by atoms with Crippen LogP contribution in [0.2, 0.25) is 10.0 Å². The lowest BCUT2D eigenvalue weighted by atomic mass is 10.2. The Morgan fingerprint density at radius 2 is 1.88 bits per heavy atom. The number of H-pyrrole nitrogens is 1. The number of imidazole rings is 1. The summed E-state index contributed by atoms with van der Waals surface area (Å²) in [6.45, 7) is 1.87. The smallest absolute Gasteiger partial charge is 0.163 e. The second-order valence-corrected chi connectivity index (χ2v) is 8.34. The Bertz CT molecular complexity index is 1160. The van der Waals surface area contributed by atoms with Crippen molar-refractivity contribution in [1.29, 1.82) is 0 Å². The molecule has 166 valence electrons. The largest absolute Gasteiger partial charge is 0.493 e. The van der Waals surface area contributed by atoms with Crippen molar-refractivity contribution in [3.63, 3.8) is 0 Å². The molecule has 1 aromatic heterocycles. The molecule has 7 heteroatoms. The van der Waals surface area contributed by atoms with E-state index in [1.165, 1.54) is 0 Å². The number of aromatic nitrogens is 2. The molecule has 0 radical (unpaired) electrons. The standard InChI is InChI=1S/C25H25Cl2N3O2/c1-31-23-13-18(20(27)14-24(23)32-16-17-6-4-7-19(26)12-17)15-28-11-5-10-25-29-21-8-2-3-9-22(21)30-25/h2-4,6-9,12-14,28H,5,10-11,15-16H2,1H3,(H,29,30). The van der Waals surface area contributed by atoms with Crippen LogP contribution in [-0.2, 0) is 19.6 Å². The highest BCUT2D eigenvalue weighted by atomic mass is 35.5. The van der Waals surface area contributed by atoms with Gasteiger partial charge in [-0.1, -0.05) is 47.5 Å². The van der Waals surface area contributed by atoms with Gasteiger partial charge in [0.25, 0.3) is 0 Å². The molecule has 0 aliphatic heterocycles. The first-order chi connectivity index (χ1) is 15.6. The normalized spacial score (nSPS) is 11.1. The lowest BCUT2D eigenvalue weighted by Crippen LogP contribution is -2.16. The van der Waals surface area contributed by atoms with Crippen LogP contribution in [0.4, 0.5) is 0 Å². The molecule has 0 unspecified atom stereocenters. The number of benzene rings is 3. The van der Waals surface area contributed by atoms with Gasteiger partial charge in [-0.3, -0.25) is 0 Å². The summed E-state index contributed by atoms with van der Waals surface area (Å²) in [4.78, 5) is 7.98. The predicted octanol–water partition coefficient (Wildman–Crippen LogP) is 6.18.